The monoisotopic (exact) mass is 288 g/mol. The third-order valence-electron chi connectivity index (χ3n) is 3.14. The van der Waals surface area contributed by atoms with Gasteiger partial charge in [0.05, 0.1) is 11.7 Å². The summed E-state index contributed by atoms with van der Waals surface area (Å²) in [5.74, 6) is 0. The summed E-state index contributed by atoms with van der Waals surface area (Å²) in [7, 11) is 0. The highest BCUT2D eigenvalue weighted by Crippen LogP contribution is 2.32. The van der Waals surface area contributed by atoms with Crippen LogP contribution in [0.1, 0.15) is 23.7 Å². The Hall–Kier alpha value is -1.35. The molecule has 1 aliphatic rings. The normalized spacial score (nSPS) is 17.8. The predicted octanol–water partition coefficient (Wildman–Crippen LogP) is 3.94. The molecule has 1 atom stereocenters. The van der Waals surface area contributed by atoms with Gasteiger partial charge in [-0.1, -0.05) is 22.0 Å². The van der Waals surface area contributed by atoms with Crippen molar-refractivity contribution >= 4 is 21.6 Å². The lowest BCUT2D eigenvalue weighted by atomic mass is 10.2. The van der Waals surface area contributed by atoms with Crippen LogP contribution in [-0.4, -0.2) is 4.98 Å². The van der Waals surface area contributed by atoms with E-state index in [9.17, 15) is 0 Å². The van der Waals surface area contributed by atoms with E-state index in [-0.39, 0.29) is 0 Å². The number of benzene rings is 1. The van der Waals surface area contributed by atoms with Crippen molar-refractivity contribution in [2.24, 2.45) is 0 Å². The van der Waals surface area contributed by atoms with Crippen LogP contribution < -0.4 is 5.32 Å². The zero-order valence-electron chi connectivity index (χ0n) is 9.36. The highest BCUT2D eigenvalue weighted by Gasteiger charge is 2.22. The molecule has 2 nitrogen and oxygen atoms in total. The molecule has 0 bridgehead atoms. The fourth-order valence-corrected chi connectivity index (χ4v) is 2.56. The first-order chi connectivity index (χ1) is 8.33. The van der Waals surface area contributed by atoms with E-state index in [1.165, 1.54) is 11.3 Å². The van der Waals surface area contributed by atoms with Gasteiger partial charge in [-0.05, 0) is 48.7 Å². The molecule has 1 unspecified atom stereocenters. The third-order valence-corrected chi connectivity index (χ3v) is 3.67. The number of nitrogens with zero attached hydrogens (tertiary/aromatic N) is 1. The second-order valence-corrected chi connectivity index (χ2v) is 5.21. The third kappa shape index (κ3) is 2.20. The predicted molar refractivity (Wildman–Crippen MR) is 73.1 cm³/mol. The van der Waals surface area contributed by atoms with Crippen LogP contribution in [0.4, 0.5) is 5.69 Å². The number of pyridine rings is 1. The van der Waals surface area contributed by atoms with Gasteiger partial charge in [-0.2, -0.15) is 0 Å². The molecule has 1 N–H and O–H groups in total. The van der Waals surface area contributed by atoms with Crippen molar-refractivity contribution in [1.29, 1.82) is 0 Å². The van der Waals surface area contributed by atoms with Crippen LogP contribution in [0.2, 0.25) is 0 Å². The molecule has 1 aliphatic carbocycles. The lowest BCUT2D eigenvalue weighted by molar-refractivity contribution is 0.746. The zero-order chi connectivity index (χ0) is 11.7. The smallest absolute Gasteiger partial charge is 0.0691 e. The average molecular weight is 289 g/mol. The van der Waals surface area contributed by atoms with Crippen molar-refractivity contribution in [3.63, 3.8) is 0 Å². The van der Waals surface area contributed by atoms with Gasteiger partial charge in [0.25, 0.3) is 0 Å². The maximum atomic E-state index is 4.48. The average Bonchev–Trinajstić information content (AvgIpc) is 2.76. The minimum Gasteiger partial charge on any atom is -0.377 e. The lowest BCUT2D eigenvalue weighted by Crippen LogP contribution is -2.08. The number of aryl methyl sites for hydroxylation is 1. The molecule has 0 radical (unpaired) electrons. The number of fused-ring (bicyclic) bond motifs is 1. The molecule has 17 heavy (non-hydrogen) atoms. The quantitative estimate of drug-likeness (QED) is 0.905. The van der Waals surface area contributed by atoms with Crippen LogP contribution in [0.15, 0.2) is 47.1 Å². The van der Waals surface area contributed by atoms with Crippen LogP contribution in [0.5, 0.6) is 0 Å². The van der Waals surface area contributed by atoms with Crippen molar-refractivity contribution in [2.75, 3.05) is 5.32 Å². The molecule has 0 saturated heterocycles. The van der Waals surface area contributed by atoms with E-state index in [0.29, 0.717) is 6.04 Å². The second-order valence-electron chi connectivity index (χ2n) is 4.29. The van der Waals surface area contributed by atoms with Gasteiger partial charge in [0, 0.05) is 16.4 Å². The molecule has 2 aromatic rings. The number of nitrogens with one attached hydrogen (secondary N) is 1. The Morgan fingerprint density at radius 2 is 2.00 bits per heavy atom. The maximum Gasteiger partial charge on any atom is 0.0691 e. The van der Waals surface area contributed by atoms with E-state index < -0.39 is 0 Å². The van der Waals surface area contributed by atoms with E-state index in [2.05, 4.69) is 56.6 Å². The van der Waals surface area contributed by atoms with Gasteiger partial charge in [-0.3, -0.25) is 4.98 Å². The summed E-state index contributed by atoms with van der Waals surface area (Å²) in [6, 6.07) is 12.8. The van der Waals surface area contributed by atoms with Crippen molar-refractivity contribution in [2.45, 2.75) is 18.9 Å². The number of aromatic nitrogens is 1. The van der Waals surface area contributed by atoms with Gasteiger partial charge in [0.15, 0.2) is 0 Å². The van der Waals surface area contributed by atoms with Crippen LogP contribution >= 0.6 is 15.9 Å². The Bertz CT molecular complexity index is 522. The Morgan fingerprint density at radius 1 is 1.18 bits per heavy atom. The van der Waals surface area contributed by atoms with Gasteiger partial charge in [-0.15, -0.1) is 0 Å². The second kappa shape index (κ2) is 4.49. The molecule has 0 spiro atoms. The minimum atomic E-state index is 0.354. The van der Waals surface area contributed by atoms with Crippen LogP contribution in [0.25, 0.3) is 0 Å². The van der Waals surface area contributed by atoms with E-state index in [0.717, 1.165) is 23.0 Å². The SMILES string of the molecule is Brc1ccc(NC2CCc3cccnc32)cc1. The van der Waals surface area contributed by atoms with Gasteiger partial charge < -0.3 is 5.32 Å². The summed E-state index contributed by atoms with van der Waals surface area (Å²) in [5.41, 5.74) is 3.73. The van der Waals surface area contributed by atoms with E-state index in [1.807, 2.05) is 12.3 Å². The first-order valence-electron chi connectivity index (χ1n) is 5.79. The molecule has 1 aromatic heterocycles. The molecule has 1 aromatic carbocycles. The molecular formula is C14H13BrN2. The topological polar surface area (TPSA) is 24.9 Å². The standard InChI is InChI=1S/C14H13BrN2/c15-11-4-6-12(7-5-11)17-13-8-3-10-2-1-9-16-14(10)13/h1-2,4-7,9,13,17H,3,8H2. The number of hydrogen-bond donors (Lipinski definition) is 1. The Labute approximate surface area is 109 Å². The van der Waals surface area contributed by atoms with Crippen LogP contribution in [-0.2, 0) is 6.42 Å². The van der Waals surface area contributed by atoms with Crippen molar-refractivity contribution in [3.8, 4) is 0 Å². The number of halogens is 1. The summed E-state index contributed by atoms with van der Waals surface area (Å²) in [6.07, 6.45) is 4.13. The zero-order valence-corrected chi connectivity index (χ0v) is 10.9. The summed E-state index contributed by atoms with van der Waals surface area (Å²) in [5, 5.41) is 3.54. The molecule has 3 heteroatoms. The molecule has 0 fully saturated rings. The van der Waals surface area contributed by atoms with E-state index in [4.69, 9.17) is 0 Å². The largest absolute Gasteiger partial charge is 0.377 e. The van der Waals surface area contributed by atoms with Crippen molar-refractivity contribution in [1.82, 2.24) is 4.98 Å². The molecule has 0 aliphatic heterocycles. The van der Waals surface area contributed by atoms with Gasteiger partial charge in [-0.25, -0.2) is 0 Å². The van der Waals surface area contributed by atoms with E-state index >= 15 is 0 Å². The number of rotatable bonds is 2. The highest BCUT2D eigenvalue weighted by atomic mass is 79.9. The fourth-order valence-electron chi connectivity index (χ4n) is 2.30. The minimum absolute atomic E-state index is 0.354. The summed E-state index contributed by atoms with van der Waals surface area (Å²) in [4.78, 5) is 4.48. The fraction of sp³-hybridized carbons (Fsp3) is 0.214. The number of hydrogen-bond acceptors (Lipinski definition) is 2. The molecule has 0 amide bonds. The van der Waals surface area contributed by atoms with Gasteiger partial charge >= 0.3 is 0 Å². The lowest BCUT2D eigenvalue weighted by Gasteiger charge is -2.14. The Balaban J connectivity index is 1.81. The van der Waals surface area contributed by atoms with Crippen molar-refractivity contribution < 1.29 is 0 Å². The molecule has 86 valence electrons. The van der Waals surface area contributed by atoms with E-state index in [1.54, 1.807) is 0 Å². The number of anilines is 1. The molecule has 0 saturated carbocycles. The van der Waals surface area contributed by atoms with Crippen LogP contribution in [0.3, 0.4) is 0 Å². The summed E-state index contributed by atoms with van der Waals surface area (Å²) in [6.45, 7) is 0. The summed E-state index contributed by atoms with van der Waals surface area (Å²) >= 11 is 3.44. The first kappa shape index (κ1) is 10.8. The first-order valence-corrected chi connectivity index (χ1v) is 6.58. The van der Waals surface area contributed by atoms with Crippen molar-refractivity contribution in [3.05, 3.63) is 58.3 Å². The Morgan fingerprint density at radius 3 is 2.82 bits per heavy atom. The maximum absolute atomic E-state index is 4.48. The Kier molecular flexibility index (Phi) is 2.85. The summed E-state index contributed by atoms with van der Waals surface area (Å²) < 4.78 is 1.10. The molecule has 1 heterocycles. The highest BCUT2D eigenvalue weighted by molar-refractivity contribution is 9.10. The molecule has 3 rings (SSSR count). The van der Waals surface area contributed by atoms with Crippen LogP contribution in [0, 0.1) is 0 Å². The van der Waals surface area contributed by atoms with Gasteiger partial charge in [0.1, 0.15) is 0 Å². The molecular weight excluding hydrogens is 276 g/mol. The van der Waals surface area contributed by atoms with Gasteiger partial charge in [0.2, 0.25) is 0 Å².